The Bertz CT molecular complexity index is 535. The maximum Gasteiger partial charge on any atom is 0.407 e. The van der Waals surface area contributed by atoms with E-state index in [9.17, 15) is 19.5 Å². The van der Waals surface area contributed by atoms with Crippen molar-refractivity contribution in [2.75, 3.05) is 13.7 Å². The van der Waals surface area contributed by atoms with E-state index in [4.69, 9.17) is 4.74 Å². The molecule has 0 spiro atoms. The number of methoxy groups -OCH3 is 1. The summed E-state index contributed by atoms with van der Waals surface area (Å²) in [6.45, 7) is 0.522. The Labute approximate surface area is 140 Å². The zero-order valence-electron chi connectivity index (χ0n) is 13.4. The quantitative estimate of drug-likeness (QED) is 0.636. The average Bonchev–Trinajstić information content (AvgIpc) is 2.59. The van der Waals surface area contributed by atoms with Gasteiger partial charge < -0.3 is 30.0 Å². The van der Waals surface area contributed by atoms with Gasteiger partial charge in [-0.1, -0.05) is 30.3 Å². The summed E-state index contributed by atoms with van der Waals surface area (Å²) < 4.78 is 9.37. The zero-order chi connectivity index (χ0) is 17.8. The van der Waals surface area contributed by atoms with Gasteiger partial charge in [0.05, 0.1) is 19.1 Å². The van der Waals surface area contributed by atoms with Crippen molar-refractivity contribution >= 4 is 18.2 Å². The largest absolute Gasteiger partial charge is 0.548 e. The molecular weight excluding hydrogens is 316 g/mol. The second-order valence-electron chi connectivity index (χ2n) is 4.99. The predicted octanol–water partition coefficient (Wildman–Crippen LogP) is 0.558. The molecule has 1 rings (SSSR count). The standard InChI is InChI=1S/C16H22N2O6/c1-23-16(22)18-13(14(19)20)9-5-6-10-17-15(21)24-11-12-7-3-2-4-8-12/h2-4,7-8,13H,5-6,9-11H2,1H3,(H,17,21)(H,18,22)(H,19,20)/p-1/t13-/m0/s1. The van der Waals surface area contributed by atoms with Crippen molar-refractivity contribution in [2.24, 2.45) is 0 Å². The van der Waals surface area contributed by atoms with Gasteiger partial charge in [-0.2, -0.15) is 0 Å². The fraction of sp³-hybridized carbons (Fsp3) is 0.438. The molecule has 1 aromatic carbocycles. The van der Waals surface area contributed by atoms with Crippen LogP contribution in [0.3, 0.4) is 0 Å². The fourth-order valence-electron chi connectivity index (χ4n) is 1.89. The lowest BCUT2D eigenvalue weighted by Gasteiger charge is -2.18. The van der Waals surface area contributed by atoms with Crippen molar-refractivity contribution in [1.82, 2.24) is 10.6 Å². The Kier molecular flexibility index (Phi) is 8.73. The third kappa shape index (κ3) is 8.02. The van der Waals surface area contributed by atoms with Crippen molar-refractivity contribution in [1.29, 1.82) is 0 Å². The second kappa shape index (κ2) is 10.9. The molecule has 0 aromatic heterocycles. The van der Waals surface area contributed by atoms with Crippen LogP contribution in [-0.2, 0) is 20.9 Å². The van der Waals surface area contributed by atoms with Crippen LogP contribution in [0.1, 0.15) is 24.8 Å². The van der Waals surface area contributed by atoms with E-state index < -0.39 is 24.2 Å². The van der Waals surface area contributed by atoms with Crippen molar-refractivity contribution in [3.63, 3.8) is 0 Å². The van der Waals surface area contributed by atoms with Crippen molar-refractivity contribution in [3.8, 4) is 0 Å². The van der Waals surface area contributed by atoms with Gasteiger partial charge in [0.25, 0.3) is 0 Å². The molecule has 132 valence electrons. The number of rotatable bonds is 9. The summed E-state index contributed by atoms with van der Waals surface area (Å²) in [6, 6.07) is 8.16. The first kappa shape index (κ1) is 19.3. The zero-order valence-corrected chi connectivity index (χ0v) is 13.4. The van der Waals surface area contributed by atoms with Gasteiger partial charge in [-0.15, -0.1) is 0 Å². The van der Waals surface area contributed by atoms with Crippen LogP contribution in [0.5, 0.6) is 0 Å². The van der Waals surface area contributed by atoms with Gasteiger partial charge in [0.2, 0.25) is 0 Å². The SMILES string of the molecule is COC(=O)N[C@@H](CCCCNC(=O)OCc1ccccc1)C(=O)[O-]. The van der Waals surface area contributed by atoms with E-state index in [2.05, 4.69) is 15.4 Å². The summed E-state index contributed by atoms with van der Waals surface area (Å²) in [5.41, 5.74) is 0.887. The van der Waals surface area contributed by atoms with Crippen LogP contribution >= 0.6 is 0 Å². The average molecular weight is 337 g/mol. The van der Waals surface area contributed by atoms with E-state index in [1.165, 1.54) is 0 Å². The number of nitrogens with one attached hydrogen (secondary N) is 2. The fourth-order valence-corrected chi connectivity index (χ4v) is 1.89. The highest BCUT2D eigenvalue weighted by Crippen LogP contribution is 2.02. The number of unbranched alkanes of at least 4 members (excludes halogenated alkanes) is 1. The third-order valence-corrected chi connectivity index (χ3v) is 3.16. The first-order valence-electron chi connectivity index (χ1n) is 7.53. The number of hydrogen-bond donors (Lipinski definition) is 2. The summed E-state index contributed by atoms with van der Waals surface area (Å²) in [7, 11) is 1.15. The molecule has 0 aliphatic heterocycles. The van der Waals surface area contributed by atoms with Crippen LogP contribution in [0.25, 0.3) is 0 Å². The van der Waals surface area contributed by atoms with Gasteiger partial charge in [0.15, 0.2) is 0 Å². The first-order valence-corrected chi connectivity index (χ1v) is 7.53. The van der Waals surface area contributed by atoms with Gasteiger partial charge in [-0.3, -0.25) is 0 Å². The van der Waals surface area contributed by atoms with E-state index >= 15 is 0 Å². The van der Waals surface area contributed by atoms with Gasteiger partial charge in [-0.25, -0.2) is 9.59 Å². The Morgan fingerprint density at radius 3 is 2.46 bits per heavy atom. The Balaban J connectivity index is 2.14. The van der Waals surface area contributed by atoms with Crippen LogP contribution in [0.15, 0.2) is 30.3 Å². The summed E-state index contributed by atoms with van der Waals surface area (Å²) in [5.74, 6) is -1.38. The minimum Gasteiger partial charge on any atom is -0.548 e. The molecule has 0 saturated heterocycles. The lowest BCUT2D eigenvalue weighted by atomic mass is 10.1. The summed E-state index contributed by atoms with van der Waals surface area (Å²) in [6.07, 6.45) is -0.179. The molecule has 1 aromatic rings. The smallest absolute Gasteiger partial charge is 0.407 e. The number of carboxylic acids is 1. The Morgan fingerprint density at radius 2 is 1.83 bits per heavy atom. The number of amides is 2. The molecule has 8 nitrogen and oxygen atoms in total. The molecule has 0 aliphatic carbocycles. The van der Waals surface area contributed by atoms with Crippen LogP contribution in [0.2, 0.25) is 0 Å². The Morgan fingerprint density at radius 1 is 1.12 bits per heavy atom. The number of ether oxygens (including phenoxy) is 2. The normalized spacial score (nSPS) is 11.2. The summed E-state index contributed by atoms with van der Waals surface area (Å²) in [4.78, 5) is 33.4. The third-order valence-electron chi connectivity index (χ3n) is 3.16. The second-order valence-corrected chi connectivity index (χ2v) is 4.99. The van der Waals surface area contributed by atoms with Gasteiger partial charge in [0, 0.05) is 6.54 Å². The lowest BCUT2D eigenvalue weighted by Crippen LogP contribution is -2.47. The van der Waals surface area contributed by atoms with Crippen molar-refractivity contribution in [3.05, 3.63) is 35.9 Å². The predicted molar refractivity (Wildman–Crippen MR) is 82.8 cm³/mol. The molecule has 0 aliphatic rings. The first-order chi connectivity index (χ1) is 11.5. The number of benzene rings is 1. The van der Waals surface area contributed by atoms with E-state index in [0.29, 0.717) is 19.4 Å². The van der Waals surface area contributed by atoms with Crippen LogP contribution < -0.4 is 15.7 Å². The number of carbonyl (C=O) groups excluding carboxylic acids is 3. The highest BCUT2D eigenvalue weighted by Gasteiger charge is 2.13. The van der Waals surface area contributed by atoms with Gasteiger partial charge >= 0.3 is 12.2 Å². The molecule has 2 amide bonds. The Hall–Kier alpha value is -2.77. The number of carboxylic acid groups (broad SMARTS) is 1. The molecule has 0 unspecified atom stereocenters. The minimum absolute atomic E-state index is 0.179. The summed E-state index contributed by atoms with van der Waals surface area (Å²) >= 11 is 0. The monoisotopic (exact) mass is 337 g/mol. The van der Waals surface area contributed by atoms with E-state index in [0.717, 1.165) is 12.7 Å². The van der Waals surface area contributed by atoms with Gasteiger partial charge in [0.1, 0.15) is 6.61 Å². The van der Waals surface area contributed by atoms with E-state index in [-0.39, 0.29) is 13.0 Å². The van der Waals surface area contributed by atoms with E-state index in [1.54, 1.807) is 0 Å². The molecule has 0 radical (unpaired) electrons. The molecule has 0 bridgehead atoms. The molecule has 0 fully saturated rings. The minimum atomic E-state index is -1.38. The number of hydrogen-bond acceptors (Lipinski definition) is 6. The van der Waals surface area contributed by atoms with Crippen LogP contribution in [0, 0.1) is 0 Å². The molecule has 1 atom stereocenters. The molecule has 0 saturated carbocycles. The maximum absolute atomic E-state index is 11.5. The van der Waals surface area contributed by atoms with Crippen LogP contribution in [0.4, 0.5) is 9.59 Å². The van der Waals surface area contributed by atoms with Crippen molar-refractivity contribution in [2.45, 2.75) is 31.9 Å². The molecule has 24 heavy (non-hydrogen) atoms. The van der Waals surface area contributed by atoms with Crippen LogP contribution in [-0.4, -0.2) is 37.9 Å². The molecule has 8 heteroatoms. The lowest BCUT2D eigenvalue weighted by molar-refractivity contribution is -0.308. The maximum atomic E-state index is 11.5. The highest BCUT2D eigenvalue weighted by atomic mass is 16.5. The van der Waals surface area contributed by atoms with Gasteiger partial charge in [-0.05, 0) is 24.8 Å². The number of carbonyl (C=O) groups is 3. The number of alkyl carbamates (subject to hydrolysis) is 2. The molecule has 2 N–H and O–H groups in total. The molecule has 0 heterocycles. The summed E-state index contributed by atoms with van der Waals surface area (Å²) in [5, 5.41) is 15.6. The highest BCUT2D eigenvalue weighted by molar-refractivity contribution is 5.78. The molecular formula is C16H21N2O6-. The van der Waals surface area contributed by atoms with E-state index in [1.807, 2.05) is 30.3 Å². The topological polar surface area (TPSA) is 117 Å². The number of aliphatic carboxylic acids is 1. The van der Waals surface area contributed by atoms with Crippen molar-refractivity contribution < 1.29 is 29.0 Å².